The summed E-state index contributed by atoms with van der Waals surface area (Å²) in [6.07, 6.45) is 0.790. The number of ether oxygens (including phenoxy) is 1. The third-order valence-corrected chi connectivity index (χ3v) is 3.19. The number of rotatable bonds is 1. The number of anilines is 1. The van der Waals surface area contributed by atoms with Gasteiger partial charge in [-0.3, -0.25) is 4.98 Å². The molecule has 0 fully saturated rings. The fourth-order valence-electron chi connectivity index (χ4n) is 2.35. The smallest absolute Gasteiger partial charge is 0.161 e. The lowest BCUT2D eigenvalue weighted by atomic mass is 10.1. The van der Waals surface area contributed by atoms with Crippen LogP contribution in [-0.2, 0) is 17.8 Å². The summed E-state index contributed by atoms with van der Waals surface area (Å²) < 4.78 is 5.39. The summed E-state index contributed by atoms with van der Waals surface area (Å²) in [4.78, 5) is 13.4. The Hall–Kier alpha value is -2.01. The molecule has 2 aromatic rings. The van der Waals surface area contributed by atoms with Crippen molar-refractivity contribution in [3.05, 3.63) is 34.8 Å². The molecule has 0 saturated heterocycles. The van der Waals surface area contributed by atoms with E-state index in [2.05, 4.69) is 15.0 Å². The number of nitrogens with zero attached hydrogens (tertiary/aromatic N) is 3. The average Bonchev–Trinajstić information content (AvgIpc) is 2.37. The fourth-order valence-corrected chi connectivity index (χ4v) is 2.35. The van der Waals surface area contributed by atoms with E-state index in [-0.39, 0.29) is 0 Å². The number of hydrogen-bond donors (Lipinski definition) is 1. The molecule has 2 N–H and O–H groups in total. The molecule has 3 heterocycles. The highest BCUT2D eigenvalue weighted by atomic mass is 16.5. The maximum Gasteiger partial charge on any atom is 0.161 e. The van der Waals surface area contributed by atoms with Gasteiger partial charge in [0.25, 0.3) is 0 Å². The van der Waals surface area contributed by atoms with Crippen molar-refractivity contribution < 1.29 is 4.74 Å². The van der Waals surface area contributed by atoms with E-state index in [1.807, 2.05) is 26.0 Å². The van der Waals surface area contributed by atoms with Crippen LogP contribution in [0.15, 0.2) is 12.1 Å². The molecule has 2 aromatic heterocycles. The van der Waals surface area contributed by atoms with Crippen molar-refractivity contribution >= 4 is 5.82 Å². The Labute approximate surface area is 111 Å². The van der Waals surface area contributed by atoms with E-state index in [1.165, 1.54) is 0 Å². The maximum absolute atomic E-state index is 6.01. The first-order valence-electron chi connectivity index (χ1n) is 6.32. The number of aryl methyl sites for hydroxylation is 2. The number of nitrogen functional groups attached to an aromatic ring is 1. The first kappa shape index (κ1) is 12.0. The topological polar surface area (TPSA) is 73.9 Å². The van der Waals surface area contributed by atoms with E-state index in [9.17, 15) is 0 Å². The van der Waals surface area contributed by atoms with Crippen molar-refractivity contribution in [2.45, 2.75) is 26.9 Å². The fraction of sp³-hybridized carbons (Fsp3) is 0.357. The van der Waals surface area contributed by atoms with E-state index >= 15 is 0 Å². The summed E-state index contributed by atoms with van der Waals surface area (Å²) in [7, 11) is 0. The van der Waals surface area contributed by atoms with E-state index in [0.717, 1.165) is 34.6 Å². The van der Waals surface area contributed by atoms with Crippen molar-refractivity contribution in [1.29, 1.82) is 0 Å². The van der Waals surface area contributed by atoms with E-state index in [1.54, 1.807) is 0 Å². The molecule has 98 valence electrons. The maximum atomic E-state index is 6.01. The molecule has 0 radical (unpaired) electrons. The van der Waals surface area contributed by atoms with Gasteiger partial charge in [0, 0.05) is 28.9 Å². The first-order valence-corrected chi connectivity index (χ1v) is 6.32. The molecule has 0 amide bonds. The first-order chi connectivity index (χ1) is 9.13. The second kappa shape index (κ2) is 4.59. The lowest BCUT2D eigenvalue weighted by Gasteiger charge is -2.17. The van der Waals surface area contributed by atoms with Crippen LogP contribution in [0, 0.1) is 13.8 Å². The molecule has 5 heteroatoms. The van der Waals surface area contributed by atoms with Crippen LogP contribution in [0.1, 0.15) is 22.6 Å². The molecular weight excluding hydrogens is 240 g/mol. The highest BCUT2D eigenvalue weighted by Crippen LogP contribution is 2.24. The molecule has 0 aliphatic carbocycles. The molecular formula is C14H16N4O. The molecule has 1 aliphatic rings. The quantitative estimate of drug-likeness (QED) is 0.842. The second-order valence-electron chi connectivity index (χ2n) is 4.80. The molecule has 0 aromatic carbocycles. The van der Waals surface area contributed by atoms with Gasteiger partial charge in [0.15, 0.2) is 5.82 Å². The van der Waals surface area contributed by atoms with Crippen molar-refractivity contribution in [2.75, 3.05) is 12.3 Å². The summed E-state index contributed by atoms with van der Waals surface area (Å²) in [6, 6.07) is 3.96. The highest BCUT2D eigenvalue weighted by Gasteiger charge is 2.17. The van der Waals surface area contributed by atoms with Crippen molar-refractivity contribution in [2.24, 2.45) is 0 Å². The van der Waals surface area contributed by atoms with Crippen LogP contribution >= 0.6 is 0 Å². The van der Waals surface area contributed by atoms with Crippen LogP contribution in [0.2, 0.25) is 0 Å². The van der Waals surface area contributed by atoms with Gasteiger partial charge in [-0.2, -0.15) is 0 Å². The normalized spacial score (nSPS) is 14.2. The zero-order valence-electron chi connectivity index (χ0n) is 11.1. The predicted octanol–water partition coefficient (Wildman–Crippen LogP) is 1.81. The van der Waals surface area contributed by atoms with Gasteiger partial charge in [0.2, 0.25) is 0 Å². The molecule has 0 spiro atoms. The second-order valence-corrected chi connectivity index (χ2v) is 4.80. The summed E-state index contributed by atoms with van der Waals surface area (Å²) in [6.45, 7) is 5.13. The van der Waals surface area contributed by atoms with Gasteiger partial charge in [-0.1, -0.05) is 0 Å². The van der Waals surface area contributed by atoms with Gasteiger partial charge >= 0.3 is 0 Å². The third kappa shape index (κ3) is 2.29. The minimum atomic E-state index is 0.510. The zero-order valence-corrected chi connectivity index (χ0v) is 11.1. The molecule has 0 atom stereocenters. The molecule has 19 heavy (non-hydrogen) atoms. The Morgan fingerprint density at radius 2 is 1.84 bits per heavy atom. The van der Waals surface area contributed by atoms with Crippen LogP contribution in [0.5, 0.6) is 0 Å². The SMILES string of the molecule is Cc1cc(-c2nc(N)c3c(n2)CCOC3)cc(C)n1. The summed E-state index contributed by atoms with van der Waals surface area (Å²) in [5.41, 5.74) is 10.8. The molecule has 1 aliphatic heterocycles. The number of pyridine rings is 1. The van der Waals surface area contributed by atoms with Crippen LogP contribution in [0.4, 0.5) is 5.82 Å². The van der Waals surface area contributed by atoms with Gasteiger partial charge in [-0.05, 0) is 26.0 Å². The Morgan fingerprint density at radius 3 is 2.58 bits per heavy atom. The number of aromatic nitrogens is 3. The molecule has 5 nitrogen and oxygen atoms in total. The van der Waals surface area contributed by atoms with Crippen LogP contribution < -0.4 is 5.73 Å². The Balaban J connectivity index is 2.12. The van der Waals surface area contributed by atoms with Gasteiger partial charge in [-0.15, -0.1) is 0 Å². The van der Waals surface area contributed by atoms with E-state index in [4.69, 9.17) is 10.5 Å². The monoisotopic (exact) mass is 256 g/mol. The lowest BCUT2D eigenvalue weighted by Crippen LogP contribution is -2.16. The molecule has 0 unspecified atom stereocenters. The molecule has 3 rings (SSSR count). The van der Waals surface area contributed by atoms with Gasteiger partial charge in [0.05, 0.1) is 18.9 Å². The van der Waals surface area contributed by atoms with E-state index < -0.39 is 0 Å². The van der Waals surface area contributed by atoms with Crippen molar-refractivity contribution in [3.8, 4) is 11.4 Å². The van der Waals surface area contributed by atoms with Gasteiger partial charge in [0.1, 0.15) is 5.82 Å². The van der Waals surface area contributed by atoms with Crippen molar-refractivity contribution in [3.63, 3.8) is 0 Å². The minimum Gasteiger partial charge on any atom is -0.383 e. The van der Waals surface area contributed by atoms with Crippen molar-refractivity contribution in [1.82, 2.24) is 15.0 Å². The zero-order chi connectivity index (χ0) is 13.4. The number of nitrogens with two attached hydrogens (primary N) is 1. The molecule has 0 saturated carbocycles. The Morgan fingerprint density at radius 1 is 1.11 bits per heavy atom. The number of fused-ring (bicyclic) bond motifs is 1. The largest absolute Gasteiger partial charge is 0.383 e. The van der Waals surface area contributed by atoms with E-state index in [0.29, 0.717) is 24.9 Å². The highest BCUT2D eigenvalue weighted by molar-refractivity contribution is 5.59. The summed E-state index contributed by atoms with van der Waals surface area (Å²) in [5, 5.41) is 0. The standard InChI is InChI=1S/C14H16N4O/c1-8-5-10(6-9(2)16-8)14-17-12-3-4-19-7-11(12)13(15)18-14/h5-6H,3-4,7H2,1-2H3,(H2,15,17,18). The third-order valence-electron chi connectivity index (χ3n) is 3.19. The van der Waals surface area contributed by atoms with Gasteiger partial charge < -0.3 is 10.5 Å². The van der Waals surface area contributed by atoms with Crippen LogP contribution in [0.25, 0.3) is 11.4 Å². The number of hydrogen-bond acceptors (Lipinski definition) is 5. The average molecular weight is 256 g/mol. The Kier molecular flexibility index (Phi) is 2.91. The van der Waals surface area contributed by atoms with Gasteiger partial charge in [-0.25, -0.2) is 9.97 Å². The summed E-state index contributed by atoms with van der Waals surface area (Å²) in [5.74, 6) is 1.19. The lowest BCUT2D eigenvalue weighted by molar-refractivity contribution is 0.109. The van der Waals surface area contributed by atoms with Crippen LogP contribution in [0.3, 0.4) is 0 Å². The predicted molar refractivity (Wildman–Crippen MR) is 72.5 cm³/mol. The summed E-state index contributed by atoms with van der Waals surface area (Å²) >= 11 is 0. The van der Waals surface area contributed by atoms with Crippen LogP contribution in [-0.4, -0.2) is 21.6 Å². The molecule has 0 bridgehead atoms. The Bertz CT molecular complexity index is 619. The minimum absolute atomic E-state index is 0.510.